The minimum absolute atomic E-state index is 0.108. The molecule has 4 aromatic carbocycles. The second-order valence-corrected chi connectivity index (χ2v) is 17.6. The first-order valence-corrected chi connectivity index (χ1v) is 18.2. The summed E-state index contributed by atoms with van der Waals surface area (Å²) in [7, 11) is 0. The van der Waals surface area contributed by atoms with Crippen LogP contribution in [0.25, 0.3) is 0 Å². The van der Waals surface area contributed by atoms with Gasteiger partial charge in [-0.25, -0.2) is 0 Å². The van der Waals surface area contributed by atoms with Crippen molar-refractivity contribution in [3.63, 3.8) is 0 Å². The van der Waals surface area contributed by atoms with Crippen molar-refractivity contribution in [3.05, 3.63) is 115 Å². The summed E-state index contributed by atoms with van der Waals surface area (Å²) < 4.78 is 0. The molecule has 0 heterocycles. The van der Waals surface area contributed by atoms with Gasteiger partial charge in [0.2, 0.25) is 0 Å². The molecule has 0 fully saturated rings. The molecule has 0 radical (unpaired) electrons. The topological polar surface area (TPSA) is 80.9 Å². The number of hydrogen-bond donors (Lipinski definition) is 4. The van der Waals surface area contributed by atoms with E-state index >= 15 is 0 Å². The van der Waals surface area contributed by atoms with Gasteiger partial charge in [0.1, 0.15) is 23.0 Å². The third-order valence-electron chi connectivity index (χ3n) is 9.85. The Hall–Kier alpha value is -3.92. The predicted octanol–water partition coefficient (Wildman–Crippen LogP) is 12.2. The van der Waals surface area contributed by atoms with Gasteiger partial charge < -0.3 is 20.4 Å². The van der Waals surface area contributed by atoms with Crippen molar-refractivity contribution in [3.8, 4) is 23.0 Å². The number of aryl methyl sites for hydroxylation is 5. The Morgan fingerprint density at radius 2 is 0.880 bits per heavy atom. The average Bonchev–Trinajstić information content (AvgIpc) is 2.96. The normalized spacial score (nSPS) is 12.8. The number of aromatic hydroxyl groups is 4. The SMILES string of the molecule is CCCC(c1cc(C)c(O)cc1C)c1cc(C(C)(C)C)c(O)cc1C.Cc1cc(Cc2cc(C(C)(C)C)c(O)c(C(C)(C)C)c2)cc(C)c1O. The van der Waals surface area contributed by atoms with Crippen LogP contribution in [0.4, 0.5) is 0 Å². The van der Waals surface area contributed by atoms with E-state index in [1.54, 1.807) is 0 Å². The van der Waals surface area contributed by atoms with E-state index in [0.717, 1.165) is 63.8 Å². The highest BCUT2D eigenvalue weighted by atomic mass is 16.3. The fraction of sp³-hybridized carbons (Fsp3) is 0.478. The molecule has 0 amide bonds. The molecular weight excluding hydrogens is 617 g/mol. The van der Waals surface area contributed by atoms with Gasteiger partial charge in [-0.3, -0.25) is 0 Å². The van der Waals surface area contributed by atoms with Crippen LogP contribution in [0.2, 0.25) is 0 Å². The molecule has 0 aliphatic heterocycles. The lowest BCUT2D eigenvalue weighted by atomic mass is 9.78. The van der Waals surface area contributed by atoms with Crippen molar-refractivity contribution in [2.24, 2.45) is 0 Å². The van der Waals surface area contributed by atoms with Crippen LogP contribution >= 0.6 is 0 Å². The van der Waals surface area contributed by atoms with Crippen molar-refractivity contribution < 1.29 is 20.4 Å². The summed E-state index contributed by atoms with van der Waals surface area (Å²) in [6, 6.07) is 16.4. The summed E-state index contributed by atoms with van der Waals surface area (Å²) in [4.78, 5) is 0. The Labute approximate surface area is 303 Å². The van der Waals surface area contributed by atoms with Gasteiger partial charge >= 0.3 is 0 Å². The first-order valence-electron chi connectivity index (χ1n) is 18.2. The molecule has 0 saturated heterocycles. The number of hydrogen-bond acceptors (Lipinski definition) is 4. The highest BCUT2D eigenvalue weighted by Gasteiger charge is 2.27. The summed E-state index contributed by atoms with van der Waals surface area (Å²) in [5.74, 6) is 1.80. The van der Waals surface area contributed by atoms with Crippen LogP contribution in [-0.2, 0) is 22.7 Å². The molecule has 4 heteroatoms. The molecule has 0 bridgehead atoms. The maximum atomic E-state index is 10.8. The van der Waals surface area contributed by atoms with Crippen LogP contribution in [-0.4, -0.2) is 20.4 Å². The molecule has 50 heavy (non-hydrogen) atoms. The molecule has 0 aromatic heterocycles. The Bertz CT molecular complexity index is 1770. The lowest BCUT2D eigenvalue weighted by Crippen LogP contribution is -2.18. The molecule has 0 aliphatic rings. The predicted molar refractivity (Wildman–Crippen MR) is 212 cm³/mol. The van der Waals surface area contributed by atoms with Crippen LogP contribution in [0.5, 0.6) is 23.0 Å². The number of rotatable bonds is 6. The molecule has 1 unspecified atom stereocenters. The molecule has 1 atom stereocenters. The van der Waals surface area contributed by atoms with E-state index in [-0.39, 0.29) is 22.2 Å². The number of phenols is 4. The smallest absolute Gasteiger partial charge is 0.123 e. The van der Waals surface area contributed by atoms with Crippen molar-refractivity contribution in [2.75, 3.05) is 0 Å². The molecule has 0 spiro atoms. The first kappa shape index (κ1) is 40.5. The number of benzene rings is 4. The Morgan fingerprint density at radius 1 is 0.460 bits per heavy atom. The summed E-state index contributed by atoms with van der Waals surface area (Å²) in [6.45, 7) is 31.4. The standard InChI is InChI=1S/2C23H32O2/c1-14-9-16(10-15(2)20(14)24)11-17-12-18(22(3,4)5)21(25)19(13-17)23(6,7)8;1-8-9-17(18-10-16(4)21(24)11-14(18)2)19-13-20(23(5,6)7)22(25)12-15(19)3/h9-10,12-13,24-25H,11H2,1-8H3;10-13,17,24-25H,8-9H2,1-7H3. The van der Waals surface area contributed by atoms with E-state index in [0.29, 0.717) is 23.0 Å². The van der Waals surface area contributed by atoms with E-state index in [9.17, 15) is 20.4 Å². The third kappa shape index (κ3) is 9.44. The van der Waals surface area contributed by atoms with Crippen LogP contribution in [0.15, 0.2) is 48.5 Å². The van der Waals surface area contributed by atoms with Crippen LogP contribution in [0, 0.1) is 34.6 Å². The van der Waals surface area contributed by atoms with Crippen molar-refractivity contribution in [2.45, 2.75) is 145 Å². The van der Waals surface area contributed by atoms with Crippen LogP contribution < -0.4 is 0 Å². The van der Waals surface area contributed by atoms with E-state index < -0.39 is 0 Å². The molecule has 4 rings (SSSR count). The average molecular weight is 681 g/mol. The third-order valence-corrected chi connectivity index (χ3v) is 9.85. The van der Waals surface area contributed by atoms with Crippen molar-refractivity contribution in [1.29, 1.82) is 0 Å². The van der Waals surface area contributed by atoms with E-state index in [1.807, 2.05) is 45.0 Å². The molecule has 4 aromatic rings. The maximum absolute atomic E-state index is 10.8. The molecule has 4 N–H and O–H groups in total. The van der Waals surface area contributed by atoms with Gasteiger partial charge in [-0.2, -0.15) is 0 Å². The van der Waals surface area contributed by atoms with E-state index in [1.165, 1.54) is 22.3 Å². The fourth-order valence-electron chi connectivity index (χ4n) is 6.97. The molecule has 4 nitrogen and oxygen atoms in total. The molecule has 0 saturated carbocycles. The van der Waals surface area contributed by atoms with Crippen molar-refractivity contribution >= 4 is 0 Å². The second-order valence-electron chi connectivity index (χ2n) is 17.6. The van der Waals surface area contributed by atoms with Gasteiger partial charge in [0.15, 0.2) is 0 Å². The first-order chi connectivity index (χ1) is 22.9. The highest BCUT2D eigenvalue weighted by molar-refractivity contribution is 5.53. The molecular formula is C46H64O4. The molecule has 0 aliphatic carbocycles. The maximum Gasteiger partial charge on any atom is 0.123 e. The Balaban J connectivity index is 0.000000270. The van der Waals surface area contributed by atoms with Gasteiger partial charge in [-0.1, -0.05) is 112 Å². The zero-order chi connectivity index (χ0) is 38.1. The van der Waals surface area contributed by atoms with E-state index in [4.69, 9.17) is 0 Å². The Kier molecular flexibility index (Phi) is 12.3. The van der Waals surface area contributed by atoms with E-state index in [2.05, 4.69) is 107 Å². The zero-order valence-electron chi connectivity index (χ0n) is 33.6. The minimum Gasteiger partial charge on any atom is -0.508 e. The van der Waals surface area contributed by atoms with Gasteiger partial charge in [0.05, 0.1) is 0 Å². The summed E-state index contributed by atoms with van der Waals surface area (Å²) in [5, 5.41) is 41.3. The second kappa shape index (κ2) is 15.1. The lowest BCUT2D eigenvalue weighted by molar-refractivity contribution is 0.422. The summed E-state index contributed by atoms with van der Waals surface area (Å²) >= 11 is 0. The highest BCUT2D eigenvalue weighted by Crippen LogP contribution is 2.42. The Morgan fingerprint density at radius 3 is 1.32 bits per heavy atom. The fourth-order valence-corrected chi connectivity index (χ4v) is 6.97. The van der Waals surface area contributed by atoms with Gasteiger partial charge in [-0.15, -0.1) is 0 Å². The lowest BCUT2D eigenvalue weighted by Gasteiger charge is -2.28. The van der Waals surface area contributed by atoms with Gasteiger partial charge in [0, 0.05) is 5.92 Å². The number of phenolic OH excluding ortho intramolecular Hbond substituents is 4. The van der Waals surface area contributed by atoms with Gasteiger partial charge in [0.25, 0.3) is 0 Å². The quantitative estimate of drug-likeness (QED) is 0.163. The van der Waals surface area contributed by atoms with Crippen LogP contribution in [0.1, 0.15) is 155 Å². The van der Waals surface area contributed by atoms with Gasteiger partial charge in [-0.05, 0) is 143 Å². The van der Waals surface area contributed by atoms with Crippen molar-refractivity contribution in [1.82, 2.24) is 0 Å². The summed E-state index contributed by atoms with van der Waals surface area (Å²) in [6.07, 6.45) is 2.91. The summed E-state index contributed by atoms with van der Waals surface area (Å²) in [5.41, 5.74) is 12.5. The zero-order valence-corrected chi connectivity index (χ0v) is 33.6. The largest absolute Gasteiger partial charge is 0.508 e. The minimum atomic E-state index is -0.124. The monoisotopic (exact) mass is 680 g/mol. The molecule has 272 valence electrons. The van der Waals surface area contributed by atoms with Crippen LogP contribution in [0.3, 0.4) is 0 Å².